The van der Waals surface area contributed by atoms with E-state index in [1.165, 1.54) is 0 Å². The lowest BCUT2D eigenvalue weighted by atomic mass is 10.0. The topological polar surface area (TPSA) is 62.4 Å². The first kappa shape index (κ1) is 12.3. The molecular weight excluding hydrogens is 214 g/mol. The molecule has 1 aliphatic rings. The van der Waals surface area contributed by atoms with E-state index < -0.39 is 5.60 Å². The van der Waals surface area contributed by atoms with Crippen molar-refractivity contribution in [1.29, 1.82) is 0 Å². The number of aromatic nitrogens is 1. The Hall–Kier alpha value is -1.13. The van der Waals surface area contributed by atoms with Crippen LogP contribution in [-0.2, 0) is 6.54 Å². The van der Waals surface area contributed by atoms with E-state index in [2.05, 4.69) is 4.98 Å². The van der Waals surface area contributed by atoms with Crippen molar-refractivity contribution in [2.24, 2.45) is 5.73 Å². The highest BCUT2D eigenvalue weighted by molar-refractivity contribution is 5.40. The van der Waals surface area contributed by atoms with Crippen LogP contribution in [0.5, 0.6) is 0 Å². The number of aliphatic hydroxyl groups is 1. The van der Waals surface area contributed by atoms with Crippen molar-refractivity contribution in [1.82, 2.24) is 4.98 Å². The van der Waals surface area contributed by atoms with Gasteiger partial charge in [0.15, 0.2) is 0 Å². The number of anilines is 1. The lowest BCUT2D eigenvalue weighted by Gasteiger charge is -2.29. The molecule has 1 aromatic heterocycles. The molecule has 0 radical (unpaired) electrons. The maximum Gasteiger partial charge on any atom is 0.128 e. The highest BCUT2D eigenvalue weighted by Gasteiger charge is 2.32. The van der Waals surface area contributed by atoms with Gasteiger partial charge in [-0.05, 0) is 30.5 Å². The highest BCUT2D eigenvalue weighted by atomic mass is 16.3. The van der Waals surface area contributed by atoms with Gasteiger partial charge >= 0.3 is 0 Å². The molecule has 0 spiro atoms. The van der Waals surface area contributed by atoms with Gasteiger partial charge in [-0.25, -0.2) is 4.98 Å². The fraction of sp³-hybridized carbons (Fsp3) is 0.615. The normalized spacial score (nSPS) is 18.3. The van der Waals surface area contributed by atoms with E-state index in [0.29, 0.717) is 13.1 Å². The van der Waals surface area contributed by atoms with Crippen molar-refractivity contribution < 1.29 is 5.11 Å². The van der Waals surface area contributed by atoms with E-state index >= 15 is 0 Å². The fourth-order valence-corrected chi connectivity index (χ4v) is 2.51. The second-order valence-corrected chi connectivity index (χ2v) is 5.01. The van der Waals surface area contributed by atoms with Crippen LogP contribution in [0.1, 0.15) is 31.2 Å². The third-order valence-corrected chi connectivity index (χ3v) is 3.50. The summed E-state index contributed by atoms with van der Waals surface area (Å²) in [7, 11) is 1.97. The molecule has 0 unspecified atom stereocenters. The molecule has 0 aliphatic heterocycles. The predicted octanol–water partition coefficient (Wildman–Crippen LogP) is 1.28. The predicted molar refractivity (Wildman–Crippen MR) is 68.8 cm³/mol. The van der Waals surface area contributed by atoms with E-state index in [1.54, 1.807) is 6.20 Å². The average Bonchev–Trinajstić information content (AvgIpc) is 2.76. The van der Waals surface area contributed by atoms with Crippen LogP contribution in [0.3, 0.4) is 0 Å². The minimum Gasteiger partial charge on any atom is -0.388 e. The number of likely N-dealkylation sites (N-methyl/N-ethyl adjacent to an activating group) is 1. The Morgan fingerprint density at radius 3 is 2.82 bits per heavy atom. The summed E-state index contributed by atoms with van der Waals surface area (Å²) in [6.45, 7) is 1.17. The highest BCUT2D eigenvalue weighted by Crippen LogP contribution is 2.30. The van der Waals surface area contributed by atoms with E-state index in [-0.39, 0.29) is 0 Å². The average molecular weight is 235 g/mol. The van der Waals surface area contributed by atoms with Crippen LogP contribution in [0.25, 0.3) is 0 Å². The number of rotatable bonds is 4. The molecule has 0 saturated heterocycles. The monoisotopic (exact) mass is 235 g/mol. The van der Waals surface area contributed by atoms with Crippen LogP contribution in [-0.4, -0.2) is 29.3 Å². The lowest BCUT2D eigenvalue weighted by molar-refractivity contribution is 0.0558. The van der Waals surface area contributed by atoms with Crippen molar-refractivity contribution in [3.63, 3.8) is 0 Å². The van der Waals surface area contributed by atoms with Gasteiger partial charge in [-0.1, -0.05) is 12.8 Å². The van der Waals surface area contributed by atoms with Crippen LogP contribution >= 0.6 is 0 Å². The molecule has 17 heavy (non-hydrogen) atoms. The van der Waals surface area contributed by atoms with Gasteiger partial charge in [0.2, 0.25) is 0 Å². The van der Waals surface area contributed by atoms with Gasteiger partial charge in [0.1, 0.15) is 5.82 Å². The largest absolute Gasteiger partial charge is 0.388 e. The molecule has 0 atom stereocenters. The third kappa shape index (κ3) is 2.96. The van der Waals surface area contributed by atoms with E-state index in [4.69, 9.17) is 5.73 Å². The van der Waals surface area contributed by atoms with E-state index in [1.807, 2.05) is 24.1 Å². The summed E-state index contributed by atoms with van der Waals surface area (Å²) in [5, 5.41) is 10.4. The minimum atomic E-state index is -0.533. The van der Waals surface area contributed by atoms with Crippen LogP contribution in [0.15, 0.2) is 18.3 Å². The zero-order chi connectivity index (χ0) is 12.3. The second kappa shape index (κ2) is 5.02. The van der Waals surface area contributed by atoms with Crippen LogP contribution in [0, 0.1) is 0 Å². The van der Waals surface area contributed by atoms with Crippen molar-refractivity contribution in [3.8, 4) is 0 Å². The second-order valence-electron chi connectivity index (χ2n) is 5.01. The van der Waals surface area contributed by atoms with Gasteiger partial charge in [0.25, 0.3) is 0 Å². The van der Waals surface area contributed by atoms with Crippen molar-refractivity contribution in [2.45, 2.75) is 37.8 Å². The first-order valence-electron chi connectivity index (χ1n) is 6.21. The first-order valence-corrected chi connectivity index (χ1v) is 6.21. The van der Waals surface area contributed by atoms with Crippen LogP contribution < -0.4 is 10.6 Å². The minimum absolute atomic E-state index is 0.521. The Morgan fingerprint density at radius 2 is 2.18 bits per heavy atom. The Bertz CT molecular complexity index is 375. The Balaban J connectivity index is 2.05. The molecule has 3 N–H and O–H groups in total. The van der Waals surface area contributed by atoms with E-state index in [9.17, 15) is 5.11 Å². The van der Waals surface area contributed by atoms with Gasteiger partial charge in [-0.3, -0.25) is 0 Å². The Morgan fingerprint density at radius 1 is 1.47 bits per heavy atom. The molecule has 4 heteroatoms. The molecule has 94 valence electrons. The summed E-state index contributed by atoms with van der Waals surface area (Å²) in [5.41, 5.74) is 6.15. The summed E-state index contributed by atoms with van der Waals surface area (Å²) >= 11 is 0. The molecule has 1 aliphatic carbocycles. The Labute approximate surface area is 102 Å². The Kier molecular flexibility index (Phi) is 3.64. The van der Waals surface area contributed by atoms with Crippen molar-refractivity contribution in [3.05, 3.63) is 23.9 Å². The molecule has 0 aromatic carbocycles. The molecule has 0 amide bonds. The number of nitrogens with two attached hydrogens (primary N) is 1. The number of hydrogen-bond acceptors (Lipinski definition) is 4. The molecular formula is C13H21N3O. The van der Waals surface area contributed by atoms with Crippen LogP contribution in [0.2, 0.25) is 0 Å². The number of hydrogen-bond donors (Lipinski definition) is 2. The molecule has 1 saturated carbocycles. The zero-order valence-corrected chi connectivity index (χ0v) is 10.4. The molecule has 1 aromatic rings. The lowest BCUT2D eigenvalue weighted by Crippen LogP contribution is -2.39. The van der Waals surface area contributed by atoms with Crippen LogP contribution in [0.4, 0.5) is 5.82 Å². The summed E-state index contributed by atoms with van der Waals surface area (Å²) in [5.74, 6) is 0.883. The summed E-state index contributed by atoms with van der Waals surface area (Å²) in [6, 6.07) is 3.90. The summed E-state index contributed by atoms with van der Waals surface area (Å²) in [6.07, 6.45) is 5.82. The molecule has 2 rings (SSSR count). The quantitative estimate of drug-likeness (QED) is 0.825. The number of pyridine rings is 1. The summed E-state index contributed by atoms with van der Waals surface area (Å²) in [4.78, 5) is 6.34. The standard InChI is InChI=1S/C13H21N3O/c1-16(10-13(17)5-2-3-6-13)12-8-11(9-14)4-7-15-12/h4,7-8,17H,2-3,5-6,9-10,14H2,1H3. The SMILES string of the molecule is CN(CC1(O)CCCC1)c1cc(CN)ccn1. The maximum absolute atomic E-state index is 10.4. The van der Waals surface area contributed by atoms with Gasteiger partial charge < -0.3 is 15.7 Å². The molecule has 1 fully saturated rings. The van der Waals surface area contributed by atoms with Gasteiger partial charge in [0.05, 0.1) is 5.60 Å². The zero-order valence-electron chi connectivity index (χ0n) is 10.4. The maximum atomic E-state index is 10.4. The summed E-state index contributed by atoms with van der Waals surface area (Å²) < 4.78 is 0. The fourth-order valence-electron chi connectivity index (χ4n) is 2.51. The van der Waals surface area contributed by atoms with Crippen molar-refractivity contribution >= 4 is 5.82 Å². The van der Waals surface area contributed by atoms with Gasteiger partial charge in [-0.2, -0.15) is 0 Å². The van der Waals surface area contributed by atoms with Gasteiger partial charge in [-0.15, -0.1) is 0 Å². The van der Waals surface area contributed by atoms with Gasteiger partial charge in [0, 0.05) is 26.3 Å². The smallest absolute Gasteiger partial charge is 0.128 e. The molecule has 4 nitrogen and oxygen atoms in total. The molecule has 1 heterocycles. The molecule has 0 bridgehead atoms. The number of nitrogens with zero attached hydrogens (tertiary/aromatic N) is 2. The third-order valence-electron chi connectivity index (χ3n) is 3.50. The van der Waals surface area contributed by atoms with E-state index in [0.717, 1.165) is 37.1 Å². The first-order chi connectivity index (χ1) is 8.13. The van der Waals surface area contributed by atoms with Crippen molar-refractivity contribution in [2.75, 3.05) is 18.5 Å².